The molecule has 0 aromatic carbocycles. The maximum atomic E-state index is 14.4. The van der Waals surface area contributed by atoms with Crippen LogP contribution in [0.5, 0.6) is 0 Å². The van der Waals surface area contributed by atoms with Crippen molar-refractivity contribution < 1.29 is 18.0 Å². The van der Waals surface area contributed by atoms with E-state index in [1.54, 1.807) is 6.92 Å². The first-order chi connectivity index (χ1) is 16.2. The fourth-order valence-electron chi connectivity index (χ4n) is 3.27. The van der Waals surface area contributed by atoms with Crippen molar-refractivity contribution in [1.29, 1.82) is 0 Å². The Kier molecular flexibility index (Phi) is 6.30. The van der Waals surface area contributed by atoms with Crippen molar-refractivity contribution >= 4 is 22.6 Å². The Hall–Kier alpha value is -4.22. The summed E-state index contributed by atoms with van der Waals surface area (Å²) >= 11 is 0. The molecular formula is C22H20F3N7O2. The third-order valence-electron chi connectivity index (χ3n) is 5.11. The van der Waals surface area contributed by atoms with E-state index in [1.807, 2.05) is 0 Å². The number of H-pyrrole nitrogens is 1. The quantitative estimate of drug-likeness (QED) is 0.364. The highest BCUT2D eigenvalue weighted by molar-refractivity contribution is 5.80. The smallest absolute Gasteiger partial charge is 0.306 e. The Morgan fingerprint density at radius 3 is 2.79 bits per heavy atom. The number of nitrogens with one attached hydrogen (secondary N) is 3. The van der Waals surface area contributed by atoms with Crippen molar-refractivity contribution in [3.05, 3.63) is 82.3 Å². The highest BCUT2D eigenvalue weighted by Gasteiger charge is 2.33. The molecule has 34 heavy (non-hydrogen) atoms. The first kappa shape index (κ1) is 23.0. The number of rotatable bonds is 8. The number of carbonyl (C=O) groups is 1. The molecule has 176 valence electrons. The number of hydrogen-bond acceptors (Lipinski definition) is 6. The van der Waals surface area contributed by atoms with Crippen molar-refractivity contribution in [2.75, 3.05) is 11.9 Å². The molecule has 0 saturated heterocycles. The number of aromatic nitrogens is 5. The molecule has 1 amide bonds. The maximum absolute atomic E-state index is 14.4. The van der Waals surface area contributed by atoms with E-state index in [-0.39, 0.29) is 18.9 Å². The molecular weight excluding hydrogens is 451 g/mol. The van der Waals surface area contributed by atoms with Crippen LogP contribution in [0.3, 0.4) is 0 Å². The number of fused-ring (bicyclic) bond motifs is 1. The fraction of sp³-hybridized carbons (Fsp3) is 0.227. The second-order valence-corrected chi connectivity index (χ2v) is 7.55. The minimum absolute atomic E-state index is 0.0136. The Morgan fingerprint density at radius 1 is 1.21 bits per heavy atom. The Labute approximate surface area is 191 Å². The lowest BCUT2D eigenvalue weighted by Gasteiger charge is -2.17. The van der Waals surface area contributed by atoms with Gasteiger partial charge in [-0.1, -0.05) is 6.07 Å². The topological polar surface area (TPSA) is 118 Å². The van der Waals surface area contributed by atoms with Crippen molar-refractivity contribution in [3.8, 4) is 0 Å². The summed E-state index contributed by atoms with van der Waals surface area (Å²) in [5.74, 6) is -4.60. The fourth-order valence-corrected chi connectivity index (χ4v) is 3.27. The Morgan fingerprint density at radius 2 is 2.03 bits per heavy atom. The predicted molar refractivity (Wildman–Crippen MR) is 118 cm³/mol. The zero-order chi connectivity index (χ0) is 24.3. The largest absolute Gasteiger partial charge is 0.359 e. The zero-order valence-corrected chi connectivity index (χ0v) is 18.0. The first-order valence-electron chi connectivity index (χ1n) is 10.2. The van der Waals surface area contributed by atoms with Crippen molar-refractivity contribution in [2.24, 2.45) is 0 Å². The van der Waals surface area contributed by atoms with Gasteiger partial charge in [-0.15, -0.1) is 0 Å². The van der Waals surface area contributed by atoms with Crippen LogP contribution in [0.25, 0.3) is 10.9 Å². The molecule has 0 aliphatic carbocycles. The molecule has 0 unspecified atom stereocenters. The van der Waals surface area contributed by atoms with E-state index in [0.29, 0.717) is 22.3 Å². The SMILES string of the molecule is Cc1cnc(NCC(F)(F)c2ccccn2)c(=O)n1CC(=O)NCc1cc2c(F)c[nH]c2cn1. The molecule has 12 heteroatoms. The van der Waals surface area contributed by atoms with Crippen LogP contribution in [-0.4, -0.2) is 37.0 Å². The van der Waals surface area contributed by atoms with E-state index in [1.165, 1.54) is 49.1 Å². The second-order valence-electron chi connectivity index (χ2n) is 7.55. The molecule has 9 nitrogen and oxygen atoms in total. The Balaban J connectivity index is 1.42. The molecule has 0 aliphatic rings. The van der Waals surface area contributed by atoms with E-state index >= 15 is 0 Å². The van der Waals surface area contributed by atoms with Gasteiger partial charge in [0, 0.05) is 29.7 Å². The second kappa shape index (κ2) is 9.33. The summed E-state index contributed by atoms with van der Waals surface area (Å²) < 4.78 is 43.6. The molecule has 4 aromatic heterocycles. The average Bonchev–Trinajstić information content (AvgIpc) is 3.20. The van der Waals surface area contributed by atoms with Crippen LogP contribution >= 0.6 is 0 Å². The lowest BCUT2D eigenvalue weighted by Crippen LogP contribution is -2.36. The van der Waals surface area contributed by atoms with E-state index in [0.717, 1.165) is 4.57 Å². The molecule has 4 heterocycles. The summed E-state index contributed by atoms with van der Waals surface area (Å²) in [4.78, 5) is 39.6. The minimum atomic E-state index is -3.34. The summed E-state index contributed by atoms with van der Waals surface area (Å²) in [7, 11) is 0. The maximum Gasteiger partial charge on any atom is 0.306 e. The first-order valence-corrected chi connectivity index (χ1v) is 10.2. The monoisotopic (exact) mass is 471 g/mol. The molecule has 0 radical (unpaired) electrons. The van der Waals surface area contributed by atoms with E-state index in [2.05, 4.69) is 30.6 Å². The molecule has 0 bridgehead atoms. The minimum Gasteiger partial charge on any atom is -0.359 e. The van der Waals surface area contributed by atoms with Gasteiger partial charge in [-0.3, -0.25) is 24.1 Å². The summed E-state index contributed by atoms with van der Waals surface area (Å²) in [6, 6.07) is 5.65. The van der Waals surface area contributed by atoms with Gasteiger partial charge in [-0.2, -0.15) is 8.78 Å². The lowest BCUT2D eigenvalue weighted by atomic mass is 10.2. The molecule has 3 N–H and O–H groups in total. The number of amides is 1. The van der Waals surface area contributed by atoms with Crippen molar-refractivity contribution in [2.45, 2.75) is 25.9 Å². The third kappa shape index (κ3) is 4.90. The van der Waals surface area contributed by atoms with Crippen LogP contribution in [-0.2, 0) is 23.8 Å². The van der Waals surface area contributed by atoms with Crippen LogP contribution in [0.1, 0.15) is 17.1 Å². The molecule has 0 saturated carbocycles. The van der Waals surface area contributed by atoms with Crippen molar-refractivity contribution in [1.82, 2.24) is 29.8 Å². The zero-order valence-electron chi connectivity index (χ0n) is 18.0. The van der Waals surface area contributed by atoms with Crippen molar-refractivity contribution in [3.63, 3.8) is 0 Å². The number of alkyl halides is 2. The van der Waals surface area contributed by atoms with Gasteiger partial charge in [-0.25, -0.2) is 9.37 Å². The Bertz CT molecular complexity index is 1390. The van der Waals surface area contributed by atoms with Gasteiger partial charge < -0.3 is 15.6 Å². The van der Waals surface area contributed by atoms with Crippen LogP contribution < -0.4 is 16.2 Å². The highest BCUT2D eigenvalue weighted by atomic mass is 19.3. The summed E-state index contributed by atoms with van der Waals surface area (Å²) in [5, 5.41) is 5.31. The summed E-state index contributed by atoms with van der Waals surface area (Å²) in [5.41, 5.74) is 0.162. The summed E-state index contributed by atoms with van der Waals surface area (Å²) in [6.07, 6.45) is 5.22. The average molecular weight is 471 g/mol. The molecule has 0 fully saturated rings. The molecule has 0 atom stereocenters. The number of aromatic amines is 1. The van der Waals surface area contributed by atoms with Gasteiger partial charge >= 0.3 is 5.92 Å². The van der Waals surface area contributed by atoms with Crippen LogP contribution in [0.15, 0.2) is 53.8 Å². The van der Waals surface area contributed by atoms with Gasteiger partial charge in [0.15, 0.2) is 5.82 Å². The van der Waals surface area contributed by atoms with E-state index in [4.69, 9.17) is 0 Å². The van der Waals surface area contributed by atoms with Crippen LogP contribution in [0, 0.1) is 12.7 Å². The van der Waals surface area contributed by atoms with Crippen LogP contribution in [0.4, 0.5) is 19.0 Å². The number of nitrogens with zero attached hydrogens (tertiary/aromatic N) is 4. The number of pyridine rings is 2. The van der Waals surface area contributed by atoms with Gasteiger partial charge in [0.05, 0.1) is 30.5 Å². The highest BCUT2D eigenvalue weighted by Crippen LogP contribution is 2.25. The molecule has 0 aliphatic heterocycles. The summed E-state index contributed by atoms with van der Waals surface area (Å²) in [6.45, 7) is 0.322. The predicted octanol–water partition coefficient (Wildman–Crippen LogP) is 2.48. The van der Waals surface area contributed by atoms with Gasteiger partial charge in [0.1, 0.15) is 18.1 Å². The van der Waals surface area contributed by atoms with Crippen LogP contribution in [0.2, 0.25) is 0 Å². The van der Waals surface area contributed by atoms with Gasteiger partial charge in [0.2, 0.25) is 5.91 Å². The number of aryl methyl sites for hydroxylation is 1. The molecule has 4 rings (SSSR count). The van der Waals surface area contributed by atoms with Gasteiger partial charge in [0.25, 0.3) is 5.56 Å². The number of carbonyl (C=O) groups excluding carboxylic acids is 1. The van der Waals surface area contributed by atoms with Gasteiger partial charge in [-0.05, 0) is 25.1 Å². The normalized spacial score (nSPS) is 11.5. The van der Waals surface area contributed by atoms with E-state index in [9.17, 15) is 22.8 Å². The molecule has 4 aromatic rings. The number of hydrogen-bond donors (Lipinski definition) is 3. The molecule has 0 spiro atoms. The lowest BCUT2D eigenvalue weighted by molar-refractivity contribution is -0.121. The van der Waals surface area contributed by atoms with E-state index < -0.39 is 35.4 Å². The standard InChI is InChI=1S/C22H20F3N7O2/c1-13-7-30-20(31-12-22(24,25)18-4-2-3-5-26-18)21(34)32(13)11-19(33)29-8-14-6-15-16(23)9-28-17(15)10-27-14/h2-7,9-10,28H,8,11-12H2,1H3,(H,29,33)(H,30,31). The third-order valence-corrected chi connectivity index (χ3v) is 5.11. The number of anilines is 1. The number of halogens is 3.